The van der Waals surface area contributed by atoms with Crippen molar-refractivity contribution in [1.29, 1.82) is 0 Å². The average molecular weight is 306 g/mol. The molecular weight excluding hydrogens is 276 g/mol. The second kappa shape index (κ2) is 8.46. The van der Waals surface area contributed by atoms with E-state index in [-0.39, 0.29) is 5.60 Å². The van der Waals surface area contributed by atoms with Gasteiger partial charge in [-0.25, -0.2) is 0 Å². The maximum atomic E-state index is 6.16. The molecule has 0 spiro atoms. The van der Waals surface area contributed by atoms with Crippen LogP contribution in [0.4, 0.5) is 0 Å². The molecule has 1 fully saturated rings. The number of ether oxygens (including phenoxy) is 2. The van der Waals surface area contributed by atoms with Crippen molar-refractivity contribution in [3.8, 4) is 0 Å². The fraction of sp³-hybridized carbons (Fsp3) is 1.00. The van der Waals surface area contributed by atoms with Crippen LogP contribution in [0.2, 0.25) is 6.04 Å². The van der Waals surface area contributed by atoms with Gasteiger partial charge in [0, 0.05) is 25.9 Å². The van der Waals surface area contributed by atoms with Gasteiger partial charge in [0.1, 0.15) is 6.10 Å². The summed E-state index contributed by atoms with van der Waals surface area (Å²) in [6, 6.07) is 0.789. The maximum Gasteiger partial charge on any atom is 0.501 e. The van der Waals surface area contributed by atoms with Crippen LogP contribution in [0.5, 0.6) is 0 Å². The minimum atomic E-state index is -2.60. The van der Waals surface area contributed by atoms with Crippen LogP contribution in [0.25, 0.3) is 0 Å². The summed E-state index contributed by atoms with van der Waals surface area (Å²) in [6.07, 6.45) is 1.20. The summed E-state index contributed by atoms with van der Waals surface area (Å²) in [7, 11) is -2.60. The van der Waals surface area contributed by atoms with Gasteiger partial charge in [-0.3, -0.25) is 0 Å². The first kappa shape index (κ1) is 18.1. The van der Waals surface area contributed by atoms with Crippen molar-refractivity contribution < 1.29 is 22.8 Å². The Morgan fingerprint density at radius 1 is 1.15 bits per heavy atom. The van der Waals surface area contributed by atoms with Crippen LogP contribution in [0.1, 0.15) is 41.0 Å². The van der Waals surface area contributed by atoms with Crippen molar-refractivity contribution in [3.63, 3.8) is 0 Å². The standard InChI is InChI=1S/C14H30O5Si/c1-6-17-20(18-7-2,19-14(3,4)5)10-8-9-15-11-13-12-16-13/h13H,6-12H2,1-5H3. The lowest BCUT2D eigenvalue weighted by Crippen LogP contribution is -2.50. The fourth-order valence-electron chi connectivity index (χ4n) is 1.97. The van der Waals surface area contributed by atoms with Crippen molar-refractivity contribution >= 4 is 8.80 Å². The summed E-state index contributed by atoms with van der Waals surface area (Å²) in [6.45, 7) is 13.5. The molecule has 5 nitrogen and oxygen atoms in total. The van der Waals surface area contributed by atoms with Crippen LogP contribution < -0.4 is 0 Å². The Labute approximate surface area is 124 Å². The van der Waals surface area contributed by atoms with Gasteiger partial charge in [0.25, 0.3) is 0 Å². The van der Waals surface area contributed by atoms with Gasteiger partial charge in [-0.2, -0.15) is 0 Å². The lowest BCUT2D eigenvalue weighted by molar-refractivity contribution is -0.00243. The number of rotatable bonds is 11. The molecule has 0 radical (unpaired) electrons. The molecule has 1 unspecified atom stereocenters. The van der Waals surface area contributed by atoms with Crippen LogP contribution >= 0.6 is 0 Å². The molecule has 1 aliphatic heterocycles. The van der Waals surface area contributed by atoms with E-state index in [2.05, 4.69) is 0 Å². The third kappa shape index (κ3) is 7.71. The topological polar surface area (TPSA) is 49.5 Å². The van der Waals surface area contributed by atoms with Crippen LogP contribution in [0, 0.1) is 0 Å². The number of epoxide rings is 1. The lowest BCUT2D eigenvalue weighted by Gasteiger charge is -2.35. The first-order chi connectivity index (χ1) is 9.41. The maximum absolute atomic E-state index is 6.16. The van der Waals surface area contributed by atoms with Gasteiger partial charge in [0.2, 0.25) is 0 Å². The predicted octanol–water partition coefficient (Wildman–Crippen LogP) is 2.62. The van der Waals surface area contributed by atoms with E-state index in [1.54, 1.807) is 0 Å². The molecule has 1 aliphatic rings. The molecule has 1 heterocycles. The zero-order chi connectivity index (χ0) is 15.1. The molecule has 20 heavy (non-hydrogen) atoms. The molecule has 1 atom stereocenters. The molecule has 0 N–H and O–H groups in total. The lowest BCUT2D eigenvalue weighted by atomic mass is 10.2. The summed E-state index contributed by atoms with van der Waals surface area (Å²) in [5, 5.41) is 0. The summed E-state index contributed by atoms with van der Waals surface area (Å²) < 4.78 is 28.6. The number of hydrogen-bond donors (Lipinski definition) is 0. The molecule has 120 valence electrons. The van der Waals surface area contributed by atoms with E-state index in [9.17, 15) is 0 Å². The molecule has 0 amide bonds. The molecule has 0 aromatic rings. The van der Waals surface area contributed by atoms with Gasteiger partial charge in [0.15, 0.2) is 0 Å². The Balaban J connectivity index is 2.40. The first-order valence-corrected chi connectivity index (χ1v) is 9.51. The molecule has 0 bridgehead atoms. The van der Waals surface area contributed by atoms with Gasteiger partial charge in [0.05, 0.1) is 18.8 Å². The predicted molar refractivity (Wildman–Crippen MR) is 79.8 cm³/mol. The van der Waals surface area contributed by atoms with E-state index >= 15 is 0 Å². The van der Waals surface area contributed by atoms with E-state index in [0.29, 0.717) is 32.5 Å². The molecule has 0 saturated carbocycles. The van der Waals surface area contributed by atoms with Gasteiger partial charge in [-0.05, 0) is 41.0 Å². The van der Waals surface area contributed by atoms with Crippen LogP contribution in [-0.2, 0) is 22.8 Å². The largest absolute Gasteiger partial charge is 0.501 e. The van der Waals surface area contributed by atoms with Crippen LogP contribution in [-0.4, -0.2) is 53.5 Å². The van der Waals surface area contributed by atoms with Crippen molar-refractivity contribution in [3.05, 3.63) is 0 Å². The molecular formula is C14H30O5Si. The Morgan fingerprint density at radius 2 is 1.75 bits per heavy atom. The Bertz CT molecular complexity index is 257. The highest BCUT2D eigenvalue weighted by molar-refractivity contribution is 6.60. The van der Waals surface area contributed by atoms with Gasteiger partial charge in [-0.1, -0.05) is 0 Å². The second-order valence-corrected chi connectivity index (χ2v) is 8.54. The highest BCUT2D eigenvalue weighted by Crippen LogP contribution is 2.24. The SMILES string of the molecule is CCO[Si](CCCOCC1CO1)(OCC)OC(C)(C)C. The third-order valence-electron chi connectivity index (χ3n) is 2.67. The molecule has 1 rings (SSSR count). The molecule has 0 aromatic heterocycles. The normalized spacial score (nSPS) is 19.4. The van der Waals surface area contributed by atoms with Crippen molar-refractivity contribution in [2.45, 2.75) is 58.8 Å². The zero-order valence-electron chi connectivity index (χ0n) is 13.6. The highest BCUT2D eigenvalue weighted by Gasteiger charge is 2.43. The van der Waals surface area contributed by atoms with Crippen LogP contribution in [0.15, 0.2) is 0 Å². The van der Waals surface area contributed by atoms with E-state index < -0.39 is 8.80 Å². The second-order valence-electron chi connectivity index (χ2n) is 5.90. The Morgan fingerprint density at radius 3 is 2.20 bits per heavy atom. The smallest absolute Gasteiger partial charge is 0.379 e. The van der Waals surface area contributed by atoms with Crippen LogP contribution in [0.3, 0.4) is 0 Å². The minimum Gasteiger partial charge on any atom is -0.379 e. The summed E-state index contributed by atoms with van der Waals surface area (Å²) in [5.74, 6) is 0. The zero-order valence-corrected chi connectivity index (χ0v) is 14.6. The van der Waals surface area contributed by atoms with Crippen molar-refractivity contribution in [2.24, 2.45) is 0 Å². The van der Waals surface area contributed by atoms with Crippen molar-refractivity contribution in [2.75, 3.05) is 33.0 Å². The molecule has 1 saturated heterocycles. The summed E-state index contributed by atoms with van der Waals surface area (Å²) >= 11 is 0. The number of hydrogen-bond acceptors (Lipinski definition) is 5. The van der Waals surface area contributed by atoms with E-state index in [0.717, 1.165) is 19.1 Å². The van der Waals surface area contributed by atoms with Gasteiger partial charge < -0.3 is 22.8 Å². The van der Waals surface area contributed by atoms with E-state index in [1.165, 1.54) is 0 Å². The minimum absolute atomic E-state index is 0.265. The van der Waals surface area contributed by atoms with Gasteiger partial charge >= 0.3 is 8.80 Å². The van der Waals surface area contributed by atoms with Crippen molar-refractivity contribution in [1.82, 2.24) is 0 Å². The molecule has 0 aromatic carbocycles. The third-order valence-corrected chi connectivity index (χ3v) is 6.01. The monoisotopic (exact) mass is 306 g/mol. The molecule has 0 aliphatic carbocycles. The Kier molecular flexibility index (Phi) is 7.64. The van der Waals surface area contributed by atoms with E-state index in [1.807, 2.05) is 34.6 Å². The summed E-state index contributed by atoms with van der Waals surface area (Å²) in [5.41, 5.74) is -0.265. The fourth-order valence-corrected chi connectivity index (χ4v) is 4.95. The summed E-state index contributed by atoms with van der Waals surface area (Å²) in [4.78, 5) is 0. The molecule has 6 heteroatoms. The Hall–Kier alpha value is 0.0169. The van der Waals surface area contributed by atoms with Gasteiger partial charge in [-0.15, -0.1) is 0 Å². The highest BCUT2D eigenvalue weighted by atomic mass is 28.4. The van der Waals surface area contributed by atoms with E-state index in [4.69, 9.17) is 22.8 Å². The quantitative estimate of drug-likeness (QED) is 0.334. The average Bonchev–Trinajstić information content (AvgIpc) is 3.11. The first-order valence-electron chi connectivity index (χ1n) is 7.58.